The number of rotatable bonds is 3. The maximum absolute atomic E-state index is 9.05. The van der Waals surface area contributed by atoms with Crippen molar-refractivity contribution in [2.75, 3.05) is 0 Å². The first-order valence-electron chi connectivity index (χ1n) is 2.87. The van der Waals surface area contributed by atoms with Gasteiger partial charge in [-0.3, -0.25) is 0 Å². The van der Waals surface area contributed by atoms with Gasteiger partial charge in [-0.2, -0.15) is 5.26 Å². The van der Waals surface area contributed by atoms with Crippen molar-refractivity contribution < 1.29 is 5.11 Å². The zero-order valence-corrected chi connectivity index (χ0v) is 5.59. The van der Waals surface area contributed by atoms with Gasteiger partial charge in [-0.05, 0) is 19.8 Å². The summed E-state index contributed by atoms with van der Waals surface area (Å²) < 4.78 is 0. The molecule has 2 nitrogen and oxygen atoms in total. The molecule has 0 fully saturated rings. The van der Waals surface area contributed by atoms with E-state index in [9.17, 15) is 0 Å². The molecule has 0 aliphatic carbocycles. The van der Waals surface area contributed by atoms with Crippen LogP contribution in [0.3, 0.4) is 0 Å². The lowest BCUT2D eigenvalue weighted by molar-refractivity contribution is 0.111. The average Bonchev–Trinajstić information content (AvgIpc) is 1.84. The lowest BCUT2D eigenvalue weighted by atomic mass is 10.0. The topological polar surface area (TPSA) is 44.0 Å². The molecule has 0 rings (SSSR count). The zero-order chi connectivity index (χ0) is 7.33. The van der Waals surface area contributed by atoms with Crippen LogP contribution in [0, 0.1) is 11.3 Å². The van der Waals surface area contributed by atoms with E-state index in [2.05, 4.69) is 6.58 Å². The third-order valence-electron chi connectivity index (χ3n) is 1.08. The molecule has 0 radical (unpaired) electrons. The second-order valence-electron chi connectivity index (χ2n) is 2.21. The van der Waals surface area contributed by atoms with Gasteiger partial charge in [0.15, 0.2) is 0 Å². The van der Waals surface area contributed by atoms with Crippen molar-refractivity contribution in [3.63, 3.8) is 0 Å². The fraction of sp³-hybridized carbons (Fsp3) is 0.571. The Hall–Kier alpha value is -0.810. The highest BCUT2D eigenvalue weighted by molar-refractivity contribution is 4.96. The second kappa shape index (κ2) is 3.26. The minimum atomic E-state index is -1.17. The first kappa shape index (κ1) is 8.19. The third kappa shape index (κ3) is 3.75. The van der Waals surface area contributed by atoms with Gasteiger partial charge in [0.1, 0.15) is 5.60 Å². The molecule has 0 saturated heterocycles. The highest BCUT2D eigenvalue weighted by Crippen LogP contribution is 2.09. The van der Waals surface area contributed by atoms with E-state index in [0.717, 1.165) is 0 Å². The number of aliphatic hydroxyl groups is 1. The zero-order valence-electron chi connectivity index (χ0n) is 5.59. The van der Waals surface area contributed by atoms with Gasteiger partial charge in [-0.25, -0.2) is 0 Å². The summed E-state index contributed by atoms with van der Waals surface area (Å²) in [5.74, 6) is 0. The van der Waals surface area contributed by atoms with Crippen LogP contribution in [0.25, 0.3) is 0 Å². The minimum absolute atomic E-state index is 0.465. The van der Waals surface area contributed by atoms with E-state index in [1.165, 1.54) is 6.92 Å². The van der Waals surface area contributed by atoms with Crippen molar-refractivity contribution in [2.24, 2.45) is 0 Å². The van der Waals surface area contributed by atoms with Gasteiger partial charge in [0.05, 0.1) is 6.07 Å². The monoisotopic (exact) mass is 125 g/mol. The molecule has 0 spiro atoms. The van der Waals surface area contributed by atoms with E-state index in [4.69, 9.17) is 10.4 Å². The molecule has 1 N–H and O–H groups in total. The largest absolute Gasteiger partial charge is 0.376 e. The smallest absolute Gasteiger partial charge is 0.148 e. The predicted molar refractivity (Wildman–Crippen MR) is 35.7 cm³/mol. The summed E-state index contributed by atoms with van der Waals surface area (Å²) in [5, 5.41) is 17.3. The molecular formula is C7H11NO. The van der Waals surface area contributed by atoms with Crippen LogP contribution >= 0.6 is 0 Å². The Kier molecular flexibility index (Phi) is 2.97. The van der Waals surface area contributed by atoms with Crippen molar-refractivity contribution in [3.8, 4) is 6.07 Å². The molecule has 0 amide bonds. The lowest BCUT2D eigenvalue weighted by Gasteiger charge is -2.10. The highest BCUT2D eigenvalue weighted by Gasteiger charge is 2.16. The maximum atomic E-state index is 9.05. The Morgan fingerprint density at radius 3 is 2.78 bits per heavy atom. The summed E-state index contributed by atoms with van der Waals surface area (Å²) in [7, 11) is 0. The molecular weight excluding hydrogens is 114 g/mol. The van der Waals surface area contributed by atoms with Crippen LogP contribution < -0.4 is 0 Å². The molecule has 0 aromatic heterocycles. The molecule has 0 bridgehead atoms. The highest BCUT2D eigenvalue weighted by atomic mass is 16.3. The Balaban J connectivity index is 3.61. The number of nitrogens with zero attached hydrogens (tertiary/aromatic N) is 1. The Morgan fingerprint density at radius 1 is 1.89 bits per heavy atom. The first-order valence-corrected chi connectivity index (χ1v) is 2.87. The summed E-state index contributed by atoms with van der Waals surface area (Å²) in [5.41, 5.74) is -1.17. The van der Waals surface area contributed by atoms with Gasteiger partial charge in [-0.1, -0.05) is 6.08 Å². The summed E-state index contributed by atoms with van der Waals surface area (Å²) in [6.07, 6.45) is 2.83. The third-order valence-corrected chi connectivity index (χ3v) is 1.08. The van der Waals surface area contributed by atoms with Crippen LogP contribution in [0.5, 0.6) is 0 Å². The van der Waals surface area contributed by atoms with Crippen molar-refractivity contribution in [3.05, 3.63) is 12.7 Å². The quantitative estimate of drug-likeness (QED) is 0.455. The number of hydrogen-bond donors (Lipinski definition) is 1. The van der Waals surface area contributed by atoms with Gasteiger partial charge in [0.2, 0.25) is 0 Å². The van der Waals surface area contributed by atoms with Crippen LogP contribution in [0.2, 0.25) is 0 Å². The van der Waals surface area contributed by atoms with Crippen molar-refractivity contribution in [1.82, 2.24) is 0 Å². The fourth-order valence-corrected chi connectivity index (χ4v) is 0.439. The van der Waals surface area contributed by atoms with Crippen LogP contribution in [0.15, 0.2) is 12.7 Å². The Bertz CT molecular complexity index is 132. The summed E-state index contributed by atoms with van der Waals surface area (Å²) in [6, 6.07) is 1.78. The summed E-state index contributed by atoms with van der Waals surface area (Å²) in [6.45, 7) is 4.97. The van der Waals surface area contributed by atoms with Gasteiger partial charge >= 0.3 is 0 Å². The summed E-state index contributed by atoms with van der Waals surface area (Å²) in [4.78, 5) is 0. The van der Waals surface area contributed by atoms with E-state index in [1.807, 2.05) is 0 Å². The number of hydrogen-bond acceptors (Lipinski definition) is 2. The molecule has 50 valence electrons. The van der Waals surface area contributed by atoms with E-state index in [0.29, 0.717) is 12.8 Å². The predicted octanol–water partition coefficient (Wildman–Crippen LogP) is 1.23. The molecule has 1 unspecified atom stereocenters. The summed E-state index contributed by atoms with van der Waals surface area (Å²) >= 11 is 0. The van der Waals surface area contributed by atoms with Gasteiger partial charge in [0, 0.05) is 0 Å². The maximum Gasteiger partial charge on any atom is 0.148 e. The number of allylic oxidation sites excluding steroid dienone is 1. The Morgan fingerprint density at radius 2 is 2.44 bits per heavy atom. The van der Waals surface area contributed by atoms with Gasteiger partial charge < -0.3 is 5.11 Å². The molecule has 0 aliphatic heterocycles. The van der Waals surface area contributed by atoms with E-state index < -0.39 is 5.60 Å². The molecule has 0 heterocycles. The molecule has 0 saturated carbocycles. The number of nitriles is 1. The van der Waals surface area contributed by atoms with E-state index in [-0.39, 0.29) is 0 Å². The van der Waals surface area contributed by atoms with Crippen LogP contribution in [0.1, 0.15) is 19.8 Å². The van der Waals surface area contributed by atoms with Crippen molar-refractivity contribution in [2.45, 2.75) is 25.4 Å². The van der Waals surface area contributed by atoms with Gasteiger partial charge in [0.25, 0.3) is 0 Å². The van der Waals surface area contributed by atoms with Crippen molar-refractivity contribution >= 4 is 0 Å². The Labute approximate surface area is 55.4 Å². The molecule has 0 aliphatic rings. The lowest BCUT2D eigenvalue weighted by Crippen LogP contribution is -2.20. The normalized spacial score (nSPS) is 15.7. The van der Waals surface area contributed by atoms with Crippen LogP contribution in [-0.4, -0.2) is 10.7 Å². The SMILES string of the molecule is C=CCCC(C)(O)C#N. The van der Waals surface area contributed by atoms with Crippen LogP contribution in [-0.2, 0) is 0 Å². The molecule has 1 atom stereocenters. The average molecular weight is 125 g/mol. The second-order valence-corrected chi connectivity index (χ2v) is 2.21. The minimum Gasteiger partial charge on any atom is -0.376 e. The molecule has 9 heavy (non-hydrogen) atoms. The first-order chi connectivity index (χ1) is 4.12. The fourth-order valence-electron chi connectivity index (χ4n) is 0.439. The van der Waals surface area contributed by atoms with E-state index >= 15 is 0 Å². The molecule has 2 heteroatoms. The van der Waals surface area contributed by atoms with Crippen molar-refractivity contribution in [1.29, 1.82) is 5.26 Å². The molecule has 0 aromatic carbocycles. The standard InChI is InChI=1S/C7H11NO/c1-3-4-5-7(2,9)6-8/h3,9H,1,4-5H2,2H3. The van der Waals surface area contributed by atoms with Crippen LogP contribution in [0.4, 0.5) is 0 Å². The molecule has 0 aromatic rings. The van der Waals surface area contributed by atoms with Gasteiger partial charge in [-0.15, -0.1) is 6.58 Å². The van der Waals surface area contributed by atoms with E-state index in [1.54, 1.807) is 12.1 Å².